The number of ether oxygens (including phenoxy) is 6. The molecule has 0 heterocycles. The molecule has 0 aliphatic heterocycles. The summed E-state index contributed by atoms with van der Waals surface area (Å²) in [7, 11) is 5.85. The first-order chi connectivity index (χ1) is 27.7. The summed E-state index contributed by atoms with van der Waals surface area (Å²) >= 11 is 0. The van der Waals surface area contributed by atoms with E-state index in [4.69, 9.17) is 28.4 Å². The highest BCUT2D eigenvalue weighted by atomic mass is 16.7. The molecule has 0 amide bonds. The zero-order valence-electron chi connectivity index (χ0n) is 32.7. The number of unbranched alkanes of at least 4 members (excludes halogenated alkanes) is 6. The van der Waals surface area contributed by atoms with Gasteiger partial charge in [-0.3, -0.25) is 19.2 Å². The van der Waals surface area contributed by atoms with Crippen LogP contribution in [0.25, 0.3) is 0 Å². The first-order valence-electron chi connectivity index (χ1n) is 19.1. The average molecular weight is 781 g/mol. The molecule has 12 nitrogen and oxygen atoms in total. The molecule has 57 heavy (non-hydrogen) atoms. The third-order valence-electron chi connectivity index (χ3n) is 10.7. The van der Waals surface area contributed by atoms with Crippen LogP contribution in [0, 0.1) is 0 Å². The topological polar surface area (TPSA) is 164 Å². The van der Waals surface area contributed by atoms with Crippen molar-refractivity contribution in [1.82, 2.24) is 0 Å². The predicted molar refractivity (Wildman–Crippen MR) is 209 cm³/mol. The summed E-state index contributed by atoms with van der Waals surface area (Å²) in [6.45, 7) is -0.0700. The van der Waals surface area contributed by atoms with Gasteiger partial charge in [-0.1, -0.05) is 93.5 Å². The first kappa shape index (κ1) is 41.2. The normalized spacial score (nSPS) is 14.1. The molecular weight excluding hydrogens is 732 g/mol. The van der Waals surface area contributed by atoms with E-state index >= 15 is 0 Å². The number of rotatable bonds is 20. The monoisotopic (exact) mass is 780 g/mol. The Balaban J connectivity index is 1.05. The third-order valence-corrected chi connectivity index (χ3v) is 10.7. The fourth-order valence-corrected chi connectivity index (χ4v) is 7.84. The maximum absolute atomic E-state index is 13.6. The number of phenolic OH excluding ortho intramolecular Hbond substituents is 2. The van der Waals surface area contributed by atoms with Crippen LogP contribution in [0.3, 0.4) is 0 Å². The third kappa shape index (κ3) is 8.22. The Labute approximate surface area is 331 Å². The van der Waals surface area contributed by atoms with Gasteiger partial charge < -0.3 is 38.6 Å². The Morgan fingerprint density at radius 3 is 1.11 bits per heavy atom. The number of methoxy groups -OCH3 is 4. The molecule has 4 aromatic carbocycles. The van der Waals surface area contributed by atoms with Gasteiger partial charge in [0, 0.05) is 47.6 Å². The summed E-state index contributed by atoms with van der Waals surface area (Å²) in [6, 6.07) is 16.2. The van der Waals surface area contributed by atoms with E-state index < -0.39 is 23.8 Å². The molecule has 2 aliphatic rings. The minimum atomic E-state index is -0.616. The SMILES string of the molecule is COCOC(CCCCCCCCCC(OCOC)c1cc(OC)c2c(c1O)C(=O)c1ccccc1C2=O)c1cc(OC)c2c(c1O)C(=O)c1ccccc1C2=O. The van der Waals surface area contributed by atoms with Gasteiger partial charge in [0.1, 0.15) is 36.6 Å². The Morgan fingerprint density at radius 2 is 0.789 bits per heavy atom. The van der Waals surface area contributed by atoms with Gasteiger partial charge in [-0.15, -0.1) is 0 Å². The molecule has 300 valence electrons. The second-order valence-electron chi connectivity index (χ2n) is 14.1. The number of benzene rings is 4. The molecule has 6 rings (SSSR count). The summed E-state index contributed by atoms with van der Waals surface area (Å²) in [5.74, 6) is -1.86. The van der Waals surface area contributed by atoms with Gasteiger partial charge in [0.15, 0.2) is 23.1 Å². The van der Waals surface area contributed by atoms with Gasteiger partial charge in [0.05, 0.1) is 48.7 Å². The van der Waals surface area contributed by atoms with Crippen LogP contribution in [-0.4, -0.2) is 75.4 Å². The molecular formula is C45H48O12. The number of hydrogen-bond acceptors (Lipinski definition) is 12. The zero-order chi connectivity index (χ0) is 40.6. The average Bonchev–Trinajstić information content (AvgIpc) is 3.23. The summed E-state index contributed by atoms with van der Waals surface area (Å²) in [5.41, 5.74) is 1.64. The molecule has 0 aromatic heterocycles. The quantitative estimate of drug-likeness (QED) is 0.0565. The summed E-state index contributed by atoms with van der Waals surface area (Å²) < 4.78 is 33.5. The lowest BCUT2D eigenvalue weighted by Gasteiger charge is -2.25. The Kier molecular flexibility index (Phi) is 13.5. The van der Waals surface area contributed by atoms with Crippen LogP contribution >= 0.6 is 0 Å². The number of fused-ring (bicyclic) bond motifs is 4. The lowest BCUT2D eigenvalue weighted by atomic mass is 9.81. The van der Waals surface area contributed by atoms with Crippen molar-refractivity contribution in [3.05, 3.63) is 116 Å². The van der Waals surface area contributed by atoms with Crippen molar-refractivity contribution in [3.63, 3.8) is 0 Å². The standard InChI is InChI=1S/C45H48O12/c1-52-24-56-32(30-22-34(54-3)36-38(44(30)50)42(48)28-18-14-12-16-26(28)40(36)46)20-10-8-6-5-7-9-11-21-33(57-25-53-2)31-23-35(55-4)37-39(45(31)51)43(49)29-19-15-13-17-27(29)41(37)47/h12-19,22-23,32-33,50-51H,5-11,20-21,24-25H2,1-4H3. The minimum absolute atomic E-state index is 0.0350. The molecule has 0 saturated carbocycles. The molecule has 2 atom stereocenters. The highest BCUT2D eigenvalue weighted by molar-refractivity contribution is 6.31. The van der Waals surface area contributed by atoms with E-state index in [1.54, 1.807) is 60.7 Å². The molecule has 12 heteroatoms. The van der Waals surface area contributed by atoms with Crippen LogP contribution in [0.1, 0.15) is 145 Å². The smallest absolute Gasteiger partial charge is 0.198 e. The van der Waals surface area contributed by atoms with Crippen molar-refractivity contribution in [1.29, 1.82) is 0 Å². The number of carbonyl (C=O) groups excluding carboxylic acids is 4. The van der Waals surface area contributed by atoms with E-state index in [2.05, 4.69) is 0 Å². The van der Waals surface area contributed by atoms with Crippen molar-refractivity contribution in [2.45, 2.75) is 70.0 Å². The highest BCUT2D eigenvalue weighted by Gasteiger charge is 2.39. The second kappa shape index (κ2) is 18.7. The van der Waals surface area contributed by atoms with Gasteiger partial charge in [0.25, 0.3) is 0 Å². The first-order valence-corrected chi connectivity index (χ1v) is 19.1. The van der Waals surface area contributed by atoms with Crippen molar-refractivity contribution in [2.24, 2.45) is 0 Å². The van der Waals surface area contributed by atoms with E-state index in [0.717, 1.165) is 44.9 Å². The van der Waals surface area contributed by atoms with E-state index in [1.807, 2.05) is 0 Å². The highest BCUT2D eigenvalue weighted by Crippen LogP contribution is 2.46. The fourth-order valence-electron chi connectivity index (χ4n) is 7.84. The molecule has 0 fully saturated rings. The number of phenols is 2. The van der Waals surface area contributed by atoms with Crippen LogP contribution in [0.4, 0.5) is 0 Å². The largest absolute Gasteiger partial charge is 0.507 e. The van der Waals surface area contributed by atoms with Crippen molar-refractivity contribution >= 4 is 23.1 Å². The number of aromatic hydroxyl groups is 2. The van der Waals surface area contributed by atoms with Gasteiger partial charge in [-0.2, -0.15) is 0 Å². The van der Waals surface area contributed by atoms with Gasteiger partial charge >= 0.3 is 0 Å². The predicted octanol–water partition coefficient (Wildman–Crippen LogP) is 8.20. The molecule has 0 spiro atoms. The molecule has 2 unspecified atom stereocenters. The van der Waals surface area contributed by atoms with E-state index in [-0.39, 0.29) is 92.7 Å². The van der Waals surface area contributed by atoms with Crippen molar-refractivity contribution in [2.75, 3.05) is 42.0 Å². The number of ketones is 4. The summed E-state index contributed by atoms with van der Waals surface area (Å²) in [6.07, 6.45) is 6.00. The van der Waals surface area contributed by atoms with Gasteiger partial charge in [0.2, 0.25) is 0 Å². The van der Waals surface area contributed by atoms with Gasteiger partial charge in [-0.25, -0.2) is 0 Å². The van der Waals surface area contributed by atoms with Crippen LogP contribution in [-0.2, 0) is 18.9 Å². The van der Waals surface area contributed by atoms with Crippen LogP contribution in [0.2, 0.25) is 0 Å². The van der Waals surface area contributed by atoms with Crippen molar-refractivity contribution in [3.8, 4) is 23.0 Å². The second-order valence-corrected chi connectivity index (χ2v) is 14.1. The van der Waals surface area contributed by atoms with Crippen LogP contribution in [0.5, 0.6) is 23.0 Å². The maximum atomic E-state index is 13.6. The lowest BCUT2D eigenvalue weighted by molar-refractivity contribution is -0.0771. The van der Waals surface area contributed by atoms with E-state index in [9.17, 15) is 29.4 Å². The van der Waals surface area contributed by atoms with Crippen molar-refractivity contribution < 1.29 is 57.8 Å². The molecule has 0 saturated heterocycles. The van der Waals surface area contributed by atoms with E-state index in [1.165, 1.54) is 28.4 Å². The Hall–Kier alpha value is -5.40. The molecule has 0 radical (unpaired) electrons. The molecule has 4 aromatic rings. The number of carbonyl (C=O) groups is 4. The molecule has 0 bridgehead atoms. The molecule has 2 N–H and O–H groups in total. The lowest BCUT2D eigenvalue weighted by Crippen LogP contribution is -2.23. The Bertz CT molecular complexity index is 2000. The molecule has 2 aliphatic carbocycles. The summed E-state index contributed by atoms with van der Waals surface area (Å²) in [4.78, 5) is 54.0. The van der Waals surface area contributed by atoms with Gasteiger partial charge in [-0.05, 0) is 25.0 Å². The van der Waals surface area contributed by atoms with Crippen LogP contribution in [0.15, 0.2) is 60.7 Å². The number of hydrogen-bond donors (Lipinski definition) is 2. The van der Waals surface area contributed by atoms with Crippen LogP contribution < -0.4 is 9.47 Å². The Morgan fingerprint density at radius 1 is 0.474 bits per heavy atom. The summed E-state index contributed by atoms with van der Waals surface area (Å²) in [5, 5.41) is 22.9. The maximum Gasteiger partial charge on any atom is 0.198 e. The minimum Gasteiger partial charge on any atom is -0.507 e. The fraction of sp³-hybridized carbons (Fsp3) is 0.378. The zero-order valence-corrected chi connectivity index (χ0v) is 32.7. The van der Waals surface area contributed by atoms with E-state index in [0.29, 0.717) is 24.0 Å².